The first-order valence-corrected chi connectivity index (χ1v) is 10.6. The zero-order valence-electron chi connectivity index (χ0n) is 19.3. The highest BCUT2D eigenvalue weighted by molar-refractivity contribution is 5.95. The number of nitrogens with zero attached hydrogens (tertiary/aromatic N) is 2. The predicted molar refractivity (Wildman–Crippen MR) is 123 cm³/mol. The van der Waals surface area contributed by atoms with Gasteiger partial charge in [0.05, 0.1) is 34.7 Å². The number of hydrogen-bond donors (Lipinski definition) is 1. The van der Waals surface area contributed by atoms with E-state index in [-0.39, 0.29) is 17.7 Å². The number of carbonyl (C=O) groups is 2. The van der Waals surface area contributed by atoms with Crippen LogP contribution in [0.2, 0.25) is 0 Å². The second kappa shape index (κ2) is 11.2. The summed E-state index contributed by atoms with van der Waals surface area (Å²) in [4.78, 5) is 27.2. The van der Waals surface area contributed by atoms with E-state index in [0.29, 0.717) is 60.1 Å². The molecule has 0 radical (unpaired) electrons. The Morgan fingerprint density at radius 3 is 2.27 bits per heavy atom. The number of para-hydroxylation sites is 1. The van der Waals surface area contributed by atoms with E-state index < -0.39 is 0 Å². The molecular formula is C24H29N3O6. The van der Waals surface area contributed by atoms with Gasteiger partial charge in [-0.1, -0.05) is 6.07 Å². The molecule has 0 saturated carbocycles. The van der Waals surface area contributed by atoms with Crippen molar-refractivity contribution in [1.82, 2.24) is 10.3 Å². The fraction of sp³-hybridized carbons (Fsp3) is 0.375. The lowest BCUT2D eigenvalue weighted by molar-refractivity contribution is -0.126. The van der Waals surface area contributed by atoms with Crippen molar-refractivity contribution in [2.24, 2.45) is 11.0 Å². The summed E-state index contributed by atoms with van der Waals surface area (Å²) in [6.45, 7) is 0.970. The number of ether oxygens (including phenoxy) is 4. The molecule has 1 aliphatic rings. The van der Waals surface area contributed by atoms with Gasteiger partial charge in [-0.05, 0) is 43.2 Å². The first-order valence-electron chi connectivity index (χ1n) is 10.6. The highest BCUT2D eigenvalue weighted by Gasteiger charge is 2.28. The molecule has 176 valence electrons. The van der Waals surface area contributed by atoms with Crippen molar-refractivity contribution >= 4 is 18.0 Å². The molecule has 9 heteroatoms. The summed E-state index contributed by atoms with van der Waals surface area (Å²) in [5, 5.41) is 4.07. The molecule has 0 spiro atoms. The first kappa shape index (κ1) is 23.9. The van der Waals surface area contributed by atoms with Crippen LogP contribution in [-0.2, 0) is 4.79 Å². The molecule has 2 aromatic rings. The smallest absolute Gasteiger partial charge is 0.253 e. The van der Waals surface area contributed by atoms with Crippen molar-refractivity contribution in [3.8, 4) is 23.0 Å². The van der Waals surface area contributed by atoms with Crippen LogP contribution in [0.3, 0.4) is 0 Å². The molecule has 3 rings (SSSR count). The third kappa shape index (κ3) is 5.54. The van der Waals surface area contributed by atoms with Gasteiger partial charge in [-0.15, -0.1) is 0 Å². The van der Waals surface area contributed by atoms with Crippen LogP contribution in [0.1, 0.15) is 28.8 Å². The van der Waals surface area contributed by atoms with Crippen molar-refractivity contribution < 1.29 is 28.5 Å². The summed E-state index contributed by atoms with van der Waals surface area (Å²) >= 11 is 0. The summed E-state index contributed by atoms with van der Waals surface area (Å²) in [6, 6.07) is 10.5. The largest absolute Gasteiger partial charge is 0.493 e. The van der Waals surface area contributed by atoms with E-state index in [1.165, 1.54) is 13.3 Å². The zero-order valence-corrected chi connectivity index (χ0v) is 19.3. The van der Waals surface area contributed by atoms with Gasteiger partial charge in [-0.2, -0.15) is 5.10 Å². The number of rotatable bonds is 8. The predicted octanol–water partition coefficient (Wildman–Crippen LogP) is 2.72. The summed E-state index contributed by atoms with van der Waals surface area (Å²) in [7, 11) is 6.18. The Morgan fingerprint density at radius 1 is 0.939 bits per heavy atom. The number of methoxy groups -OCH3 is 4. The maximum atomic E-state index is 12.9. The Balaban J connectivity index is 1.55. The molecular weight excluding hydrogens is 426 g/mol. The number of likely N-dealkylation sites (tertiary alicyclic amines) is 1. The van der Waals surface area contributed by atoms with Crippen LogP contribution >= 0.6 is 0 Å². The van der Waals surface area contributed by atoms with Crippen LogP contribution in [0.4, 0.5) is 0 Å². The minimum absolute atomic E-state index is 0.0991. The highest BCUT2D eigenvalue weighted by Crippen LogP contribution is 2.30. The lowest BCUT2D eigenvalue weighted by Gasteiger charge is -2.31. The van der Waals surface area contributed by atoms with Crippen LogP contribution in [0.15, 0.2) is 41.5 Å². The molecule has 1 aliphatic heterocycles. The standard InChI is InChI=1S/C24H29N3O6/c1-30-19-9-8-17(14-21(19)32-3)24(29)27-12-10-16(11-13-27)23(28)26-25-15-18-6-5-7-20(31-2)22(18)33-4/h5-9,14-16H,10-13H2,1-4H3,(H,26,28)/b25-15-. The number of piperidine rings is 1. The topological polar surface area (TPSA) is 98.7 Å². The second-order valence-corrected chi connectivity index (χ2v) is 7.45. The van der Waals surface area contributed by atoms with Gasteiger partial charge in [-0.3, -0.25) is 9.59 Å². The van der Waals surface area contributed by atoms with E-state index in [2.05, 4.69) is 10.5 Å². The van der Waals surface area contributed by atoms with E-state index >= 15 is 0 Å². The lowest BCUT2D eigenvalue weighted by atomic mass is 9.95. The van der Waals surface area contributed by atoms with E-state index in [9.17, 15) is 9.59 Å². The van der Waals surface area contributed by atoms with Gasteiger partial charge in [0.15, 0.2) is 23.0 Å². The van der Waals surface area contributed by atoms with Crippen molar-refractivity contribution in [2.45, 2.75) is 12.8 Å². The maximum absolute atomic E-state index is 12.9. The van der Waals surface area contributed by atoms with Crippen molar-refractivity contribution in [1.29, 1.82) is 0 Å². The van der Waals surface area contributed by atoms with Gasteiger partial charge >= 0.3 is 0 Å². The molecule has 0 bridgehead atoms. The minimum atomic E-state index is -0.219. The molecule has 2 amide bonds. The Kier molecular flexibility index (Phi) is 8.12. The van der Waals surface area contributed by atoms with E-state index in [1.807, 2.05) is 12.1 Å². The zero-order chi connectivity index (χ0) is 23.8. The molecule has 0 aromatic heterocycles. The van der Waals surface area contributed by atoms with Crippen LogP contribution in [-0.4, -0.2) is 64.5 Å². The number of nitrogens with one attached hydrogen (secondary N) is 1. The summed E-state index contributed by atoms with van der Waals surface area (Å²) < 4.78 is 21.1. The van der Waals surface area contributed by atoms with Gasteiger partial charge in [0, 0.05) is 30.1 Å². The van der Waals surface area contributed by atoms with Gasteiger partial charge in [-0.25, -0.2) is 5.43 Å². The highest BCUT2D eigenvalue weighted by atomic mass is 16.5. The van der Waals surface area contributed by atoms with Crippen LogP contribution in [0, 0.1) is 5.92 Å². The number of hydrogen-bond acceptors (Lipinski definition) is 7. The normalized spacial score (nSPS) is 14.1. The number of amides is 2. The van der Waals surface area contributed by atoms with E-state index in [0.717, 1.165) is 0 Å². The van der Waals surface area contributed by atoms with Gasteiger partial charge in [0.1, 0.15) is 0 Å². The van der Waals surface area contributed by atoms with Crippen LogP contribution in [0.25, 0.3) is 0 Å². The molecule has 0 unspecified atom stereocenters. The summed E-state index contributed by atoms with van der Waals surface area (Å²) in [5.74, 6) is 1.70. The number of hydrazone groups is 1. The SMILES string of the molecule is COc1ccc(C(=O)N2CCC(C(=O)N/N=C\c3cccc(OC)c3OC)CC2)cc1OC. The van der Waals surface area contributed by atoms with Crippen molar-refractivity contribution in [3.05, 3.63) is 47.5 Å². The molecule has 1 heterocycles. The Labute approximate surface area is 193 Å². The molecule has 9 nitrogen and oxygen atoms in total. The lowest BCUT2D eigenvalue weighted by Crippen LogP contribution is -2.42. The van der Waals surface area contributed by atoms with Gasteiger partial charge in [0.2, 0.25) is 5.91 Å². The van der Waals surface area contributed by atoms with Gasteiger partial charge in [0.25, 0.3) is 5.91 Å². The third-order valence-electron chi connectivity index (χ3n) is 5.60. The average Bonchev–Trinajstić information content (AvgIpc) is 2.87. The van der Waals surface area contributed by atoms with Gasteiger partial charge < -0.3 is 23.8 Å². The number of benzene rings is 2. The summed E-state index contributed by atoms with van der Waals surface area (Å²) in [6.07, 6.45) is 2.64. The van der Waals surface area contributed by atoms with Crippen LogP contribution in [0.5, 0.6) is 23.0 Å². The fourth-order valence-corrected chi connectivity index (χ4v) is 3.77. The Morgan fingerprint density at radius 2 is 1.64 bits per heavy atom. The molecule has 1 saturated heterocycles. The number of carbonyl (C=O) groups excluding carboxylic acids is 2. The first-order chi connectivity index (χ1) is 16.0. The molecule has 33 heavy (non-hydrogen) atoms. The van der Waals surface area contributed by atoms with Crippen LogP contribution < -0.4 is 24.4 Å². The second-order valence-electron chi connectivity index (χ2n) is 7.45. The third-order valence-corrected chi connectivity index (χ3v) is 5.60. The molecule has 0 aliphatic carbocycles. The Hall–Kier alpha value is -3.75. The molecule has 1 N–H and O–H groups in total. The van der Waals surface area contributed by atoms with Crippen molar-refractivity contribution in [3.63, 3.8) is 0 Å². The fourth-order valence-electron chi connectivity index (χ4n) is 3.77. The quantitative estimate of drug-likeness (QED) is 0.486. The average molecular weight is 456 g/mol. The minimum Gasteiger partial charge on any atom is -0.493 e. The van der Waals surface area contributed by atoms with E-state index in [1.54, 1.807) is 50.5 Å². The molecule has 0 atom stereocenters. The summed E-state index contributed by atoms with van der Waals surface area (Å²) in [5.41, 5.74) is 3.80. The van der Waals surface area contributed by atoms with E-state index in [4.69, 9.17) is 18.9 Å². The monoisotopic (exact) mass is 455 g/mol. The Bertz CT molecular complexity index is 1020. The molecule has 2 aromatic carbocycles. The van der Waals surface area contributed by atoms with Crippen molar-refractivity contribution in [2.75, 3.05) is 41.5 Å². The molecule has 1 fully saturated rings. The maximum Gasteiger partial charge on any atom is 0.253 e.